The van der Waals surface area contributed by atoms with E-state index >= 15 is 0 Å². The van der Waals surface area contributed by atoms with Gasteiger partial charge < -0.3 is 19.2 Å². The third kappa shape index (κ3) is 4.70. The molecule has 0 unspecified atom stereocenters. The molecule has 2 aromatic rings. The zero-order valence-corrected chi connectivity index (χ0v) is 13.8. The lowest BCUT2D eigenvalue weighted by Gasteiger charge is -2.19. The molecule has 1 N–H and O–H groups in total. The molecule has 124 valence electrons. The molecule has 0 bridgehead atoms. The number of aromatic nitrogens is 2. The van der Waals surface area contributed by atoms with Crippen molar-refractivity contribution in [3.8, 4) is 0 Å². The van der Waals surface area contributed by atoms with Crippen molar-refractivity contribution < 1.29 is 19.1 Å². The Kier molecular flexibility index (Phi) is 4.88. The van der Waals surface area contributed by atoms with Gasteiger partial charge in [0.25, 0.3) is 0 Å². The standard InChI is InChI=1S/C16H21N3O4/c1-5-22-14(20)12-10-19-9-11(6-7-13(19)18-12)8-17-15(21)23-16(2,3)4/h6-7,9-10H,5,8H2,1-4H3,(H,17,21). The van der Waals surface area contributed by atoms with E-state index in [0.29, 0.717) is 18.8 Å². The maximum Gasteiger partial charge on any atom is 0.407 e. The number of hydrogen-bond acceptors (Lipinski definition) is 5. The molecule has 0 saturated carbocycles. The van der Waals surface area contributed by atoms with Crippen LogP contribution in [0.25, 0.3) is 5.65 Å². The summed E-state index contributed by atoms with van der Waals surface area (Å²) in [5, 5.41) is 2.68. The molecule has 0 saturated heterocycles. The maximum absolute atomic E-state index is 11.7. The van der Waals surface area contributed by atoms with Crippen molar-refractivity contribution in [3.05, 3.63) is 35.8 Å². The van der Waals surface area contributed by atoms with E-state index in [4.69, 9.17) is 9.47 Å². The van der Waals surface area contributed by atoms with Gasteiger partial charge in [-0.2, -0.15) is 0 Å². The Labute approximate surface area is 134 Å². The lowest BCUT2D eigenvalue weighted by atomic mass is 10.2. The first-order valence-electron chi connectivity index (χ1n) is 7.40. The topological polar surface area (TPSA) is 81.9 Å². The van der Waals surface area contributed by atoms with Crippen molar-refractivity contribution in [3.63, 3.8) is 0 Å². The fourth-order valence-corrected chi connectivity index (χ4v) is 1.93. The Bertz CT molecular complexity index is 716. The molecule has 0 aliphatic carbocycles. The highest BCUT2D eigenvalue weighted by molar-refractivity contribution is 5.87. The van der Waals surface area contributed by atoms with Crippen LogP contribution in [-0.4, -0.2) is 33.7 Å². The van der Waals surface area contributed by atoms with Crippen LogP contribution in [0.4, 0.5) is 4.79 Å². The van der Waals surface area contributed by atoms with E-state index in [9.17, 15) is 9.59 Å². The van der Waals surface area contributed by atoms with Crippen LogP contribution in [0, 0.1) is 0 Å². The first-order chi connectivity index (χ1) is 10.8. The molecule has 7 nitrogen and oxygen atoms in total. The van der Waals surface area contributed by atoms with Crippen molar-refractivity contribution in [1.82, 2.24) is 14.7 Å². The zero-order valence-electron chi connectivity index (χ0n) is 13.8. The summed E-state index contributed by atoms with van der Waals surface area (Å²) in [7, 11) is 0. The molecule has 2 heterocycles. The number of imidazole rings is 1. The number of alkyl carbamates (subject to hydrolysis) is 1. The molecular formula is C16H21N3O4. The van der Waals surface area contributed by atoms with Crippen LogP contribution in [0.2, 0.25) is 0 Å². The van der Waals surface area contributed by atoms with Crippen LogP contribution >= 0.6 is 0 Å². The number of ether oxygens (including phenoxy) is 2. The molecule has 0 spiro atoms. The van der Waals surface area contributed by atoms with E-state index in [-0.39, 0.29) is 5.69 Å². The smallest absolute Gasteiger partial charge is 0.407 e. The van der Waals surface area contributed by atoms with Gasteiger partial charge >= 0.3 is 12.1 Å². The third-order valence-corrected chi connectivity index (χ3v) is 2.83. The van der Waals surface area contributed by atoms with Gasteiger partial charge in [-0.1, -0.05) is 6.07 Å². The van der Waals surface area contributed by atoms with Gasteiger partial charge in [-0.05, 0) is 39.3 Å². The number of nitrogens with zero attached hydrogens (tertiary/aromatic N) is 2. The lowest BCUT2D eigenvalue weighted by molar-refractivity contribution is 0.0511. The van der Waals surface area contributed by atoms with Crippen molar-refractivity contribution in [2.75, 3.05) is 6.61 Å². The van der Waals surface area contributed by atoms with Gasteiger partial charge in [0.2, 0.25) is 0 Å². The van der Waals surface area contributed by atoms with Gasteiger partial charge in [0, 0.05) is 18.9 Å². The second kappa shape index (κ2) is 6.68. The summed E-state index contributed by atoms with van der Waals surface area (Å²) in [6, 6.07) is 3.60. The molecule has 0 aromatic carbocycles. The Morgan fingerprint density at radius 3 is 2.65 bits per heavy atom. The summed E-state index contributed by atoms with van der Waals surface area (Å²) in [6.45, 7) is 7.78. The van der Waals surface area contributed by atoms with Crippen LogP contribution in [-0.2, 0) is 16.0 Å². The fraction of sp³-hybridized carbons (Fsp3) is 0.438. The number of nitrogens with one attached hydrogen (secondary N) is 1. The van der Waals surface area contributed by atoms with E-state index in [2.05, 4.69) is 10.3 Å². The predicted octanol–water partition coefficient (Wildman–Crippen LogP) is 2.54. The van der Waals surface area contributed by atoms with E-state index < -0.39 is 17.7 Å². The van der Waals surface area contributed by atoms with E-state index in [1.807, 2.05) is 6.07 Å². The highest BCUT2D eigenvalue weighted by Crippen LogP contribution is 2.10. The van der Waals surface area contributed by atoms with Crippen molar-refractivity contribution in [2.24, 2.45) is 0 Å². The normalized spacial score (nSPS) is 11.3. The van der Waals surface area contributed by atoms with Crippen molar-refractivity contribution >= 4 is 17.7 Å². The zero-order chi connectivity index (χ0) is 17.0. The number of amides is 1. The molecule has 1 amide bonds. The average molecular weight is 319 g/mol. The van der Waals surface area contributed by atoms with Crippen LogP contribution in [0.5, 0.6) is 0 Å². The molecule has 0 radical (unpaired) electrons. The first kappa shape index (κ1) is 16.8. The van der Waals surface area contributed by atoms with Crippen LogP contribution in [0.1, 0.15) is 43.7 Å². The highest BCUT2D eigenvalue weighted by Gasteiger charge is 2.16. The predicted molar refractivity (Wildman–Crippen MR) is 84.2 cm³/mol. The quantitative estimate of drug-likeness (QED) is 0.876. The van der Waals surface area contributed by atoms with Crippen LogP contribution in [0.3, 0.4) is 0 Å². The largest absolute Gasteiger partial charge is 0.461 e. The minimum atomic E-state index is -0.535. The molecule has 7 heteroatoms. The fourth-order valence-electron chi connectivity index (χ4n) is 1.93. The maximum atomic E-state index is 11.7. The molecule has 2 rings (SSSR count). The molecule has 0 aliphatic rings. The Hall–Kier alpha value is -2.57. The SMILES string of the molecule is CCOC(=O)c1cn2cc(CNC(=O)OC(C)(C)C)ccc2n1. The first-order valence-corrected chi connectivity index (χ1v) is 7.40. The number of carbonyl (C=O) groups excluding carboxylic acids is 2. The Morgan fingerprint density at radius 2 is 2.00 bits per heavy atom. The summed E-state index contributed by atoms with van der Waals surface area (Å²) in [5.74, 6) is -0.454. The van der Waals surface area contributed by atoms with E-state index in [0.717, 1.165) is 5.56 Å². The number of fused-ring (bicyclic) bond motifs is 1. The van der Waals surface area contributed by atoms with E-state index in [1.165, 1.54) is 0 Å². The van der Waals surface area contributed by atoms with Crippen molar-refractivity contribution in [2.45, 2.75) is 39.8 Å². The Morgan fingerprint density at radius 1 is 1.26 bits per heavy atom. The van der Waals surface area contributed by atoms with Gasteiger partial charge in [0.05, 0.1) is 6.61 Å². The number of esters is 1. The second-order valence-corrected chi connectivity index (χ2v) is 6.00. The molecule has 2 aromatic heterocycles. The molecule has 0 atom stereocenters. The summed E-state index contributed by atoms with van der Waals surface area (Å²) in [5.41, 5.74) is 1.21. The number of hydrogen-bond donors (Lipinski definition) is 1. The monoisotopic (exact) mass is 319 g/mol. The van der Waals surface area contributed by atoms with E-state index in [1.54, 1.807) is 50.6 Å². The van der Waals surface area contributed by atoms with Crippen molar-refractivity contribution in [1.29, 1.82) is 0 Å². The van der Waals surface area contributed by atoms with Gasteiger partial charge in [0.1, 0.15) is 11.2 Å². The molecule has 0 aliphatic heterocycles. The number of carbonyl (C=O) groups is 2. The van der Waals surface area contributed by atoms with Gasteiger partial charge in [-0.3, -0.25) is 0 Å². The minimum absolute atomic E-state index is 0.254. The molecule has 23 heavy (non-hydrogen) atoms. The number of rotatable bonds is 4. The molecule has 0 fully saturated rings. The molecular weight excluding hydrogens is 298 g/mol. The average Bonchev–Trinajstić information content (AvgIpc) is 2.86. The summed E-state index contributed by atoms with van der Waals surface area (Å²) in [6.07, 6.45) is 2.92. The lowest BCUT2D eigenvalue weighted by Crippen LogP contribution is -2.32. The van der Waals surface area contributed by atoms with Gasteiger partial charge in [-0.15, -0.1) is 0 Å². The summed E-state index contributed by atoms with van der Waals surface area (Å²) < 4.78 is 11.8. The minimum Gasteiger partial charge on any atom is -0.461 e. The third-order valence-electron chi connectivity index (χ3n) is 2.83. The van der Waals surface area contributed by atoms with Crippen LogP contribution < -0.4 is 5.32 Å². The van der Waals surface area contributed by atoms with Gasteiger partial charge in [0.15, 0.2) is 5.69 Å². The summed E-state index contributed by atoms with van der Waals surface area (Å²) in [4.78, 5) is 27.5. The van der Waals surface area contributed by atoms with Crippen LogP contribution in [0.15, 0.2) is 24.5 Å². The van der Waals surface area contributed by atoms with Gasteiger partial charge in [-0.25, -0.2) is 14.6 Å². The summed E-state index contributed by atoms with van der Waals surface area (Å²) >= 11 is 0. The Balaban J connectivity index is 2.05. The number of pyridine rings is 1. The second-order valence-electron chi connectivity index (χ2n) is 6.00. The highest BCUT2D eigenvalue weighted by atomic mass is 16.6.